The van der Waals surface area contributed by atoms with Crippen LogP contribution >= 0.6 is 0 Å². The monoisotopic (exact) mass is 218 g/mol. The van der Waals surface area contributed by atoms with E-state index in [2.05, 4.69) is 42.8 Å². The Morgan fingerprint density at radius 1 is 1.06 bits per heavy atom. The standard InChI is InChI=1S/C12H18N4/c1-7(2)10-11-9(6-13-16(11)5)14-12(15-10)8(3)4/h6-8H,1-5H3. The summed E-state index contributed by atoms with van der Waals surface area (Å²) >= 11 is 0. The quantitative estimate of drug-likeness (QED) is 0.778. The third kappa shape index (κ3) is 1.68. The van der Waals surface area contributed by atoms with E-state index in [0.29, 0.717) is 11.8 Å². The van der Waals surface area contributed by atoms with Gasteiger partial charge in [0.05, 0.1) is 11.9 Å². The van der Waals surface area contributed by atoms with Crippen LogP contribution < -0.4 is 0 Å². The predicted molar refractivity (Wildman–Crippen MR) is 64.5 cm³/mol. The number of hydrogen-bond donors (Lipinski definition) is 0. The molecule has 0 fully saturated rings. The Labute approximate surface area is 95.7 Å². The van der Waals surface area contributed by atoms with Crippen molar-refractivity contribution in [2.75, 3.05) is 0 Å². The second kappa shape index (κ2) is 3.85. The Morgan fingerprint density at radius 2 is 1.75 bits per heavy atom. The van der Waals surface area contributed by atoms with Crippen LogP contribution in [0.15, 0.2) is 6.20 Å². The van der Waals surface area contributed by atoms with Gasteiger partial charge in [0.25, 0.3) is 0 Å². The van der Waals surface area contributed by atoms with E-state index in [-0.39, 0.29) is 0 Å². The minimum absolute atomic E-state index is 0.349. The molecule has 0 aromatic carbocycles. The Hall–Kier alpha value is -1.45. The van der Waals surface area contributed by atoms with Crippen LogP contribution in [0.4, 0.5) is 0 Å². The number of rotatable bonds is 2. The van der Waals surface area contributed by atoms with Gasteiger partial charge in [0.1, 0.15) is 16.9 Å². The van der Waals surface area contributed by atoms with Gasteiger partial charge in [-0.25, -0.2) is 9.97 Å². The number of aromatic nitrogens is 4. The van der Waals surface area contributed by atoms with E-state index in [0.717, 1.165) is 22.6 Å². The first-order valence-corrected chi connectivity index (χ1v) is 5.70. The van der Waals surface area contributed by atoms with Gasteiger partial charge in [0, 0.05) is 13.0 Å². The van der Waals surface area contributed by atoms with Crippen molar-refractivity contribution >= 4 is 11.0 Å². The van der Waals surface area contributed by atoms with Crippen LogP contribution in [0.3, 0.4) is 0 Å². The Bertz CT molecular complexity index is 511. The van der Waals surface area contributed by atoms with Crippen LogP contribution in [-0.4, -0.2) is 19.7 Å². The van der Waals surface area contributed by atoms with Gasteiger partial charge in [-0.15, -0.1) is 0 Å². The average molecular weight is 218 g/mol. The average Bonchev–Trinajstić information content (AvgIpc) is 2.59. The molecule has 0 aliphatic carbocycles. The highest BCUT2D eigenvalue weighted by Crippen LogP contribution is 2.24. The molecule has 2 heterocycles. The molecule has 0 atom stereocenters. The highest BCUT2D eigenvalue weighted by molar-refractivity contribution is 5.77. The van der Waals surface area contributed by atoms with Gasteiger partial charge in [-0.2, -0.15) is 5.10 Å². The molecule has 4 heteroatoms. The maximum Gasteiger partial charge on any atom is 0.132 e. The lowest BCUT2D eigenvalue weighted by molar-refractivity contribution is 0.727. The van der Waals surface area contributed by atoms with Crippen molar-refractivity contribution in [1.82, 2.24) is 19.7 Å². The molecule has 2 rings (SSSR count). The smallest absolute Gasteiger partial charge is 0.132 e. The SMILES string of the molecule is CC(C)c1nc(C(C)C)c2c(cnn2C)n1. The van der Waals surface area contributed by atoms with E-state index < -0.39 is 0 Å². The summed E-state index contributed by atoms with van der Waals surface area (Å²) in [6, 6.07) is 0. The van der Waals surface area contributed by atoms with Gasteiger partial charge < -0.3 is 0 Å². The molecule has 0 unspecified atom stereocenters. The Kier molecular flexibility index (Phi) is 2.66. The highest BCUT2D eigenvalue weighted by Gasteiger charge is 2.15. The predicted octanol–water partition coefficient (Wildman–Crippen LogP) is 2.61. The topological polar surface area (TPSA) is 43.6 Å². The van der Waals surface area contributed by atoms with E-state index >= 15 is 0 Å². The molecule has 0 aliphatic heterocycles. The molecule has 0 bridgehead atoms. The minimum Gasteiger partial charge on any atom is -0.264 e. The maximum atomic E-state index is 4.66. The fraction of sp³-hybridized carbons (Fsp3) is 0.583. The number of nitrogens with zero attached hydrogens (tertiary/aromatic N) is 4. The molecule has 4 nitrogen and oxygen atoms in total. The van der Waals surface area contributed by atoms with Crippen LogP contribution in [-0.2, 0) is 7.05 Å². The third-order valence-corrected chi connectivity index (χ3v) is 2.70. The van der Waals surface area contributed by atoms with Crippen molar-refractivity contribution in [2.45, 2.75) is 39.5 Å². The first kappa shape index (κ1) is 11.0. The number of hydrogen-bond acceptors (Lipinski definition) is 3. The fourth-order valence-corrected chi connectivity index (χ4v) is 1.79. The van der Waals surface area contributed by atoms with E-state index in [1.54, 1.807) is 0 Å². The number of fused-ring (bicyclic) bond motifs is 1. The molecule has 16 heavy (non-hydrogen) atoms. The summed E-state index contributed by atoms with van der Waals surface area (Å²) in [6.45, 7) is 8.53. The highest BCUT2D eigenvalue weighted by atomic mass is 15.3. The van der Waals surface area contributed by atoms with Gasteiger partial charge in [0.15, 0.2) is 0 Å². The molecule has 2 aromatic rings. The van der Waals surface area contributed by atoms with Crippen molar-refractivity contribution in [3.8, 4) is 0 Å². The normalized spacial score (nSPS) is 11.9. The van der Waals surface area contributed by atoms with Crippen molar-refractivity contribution in [3.05, 3.63) is 17.7 Å². The zero-order valence-electron chi connectivity index (χ0n) is 10.5. The molecule has 0 amide bonds. The molecule has 86 valence electrons. The first-order chi connectivity index (χ1) is 7.50. The summed E-state index contributed by atoms with van der Waals surface area (Å²) in [4.78, 5) is 9.21. The van der Waals surface area contributed by atoms with Crippen molar-refractivity contribution in [1.29, 1.82) is 0 Å². The van der Waals surface area contributed by atoms with Gasteiger partial charge >= 0.3 is 0 Å². The molecule has 0 saturated heterocycles. The lowest BCUT2D eigenvalue weighted by Gasteiger charge is -2.11. The zero-order chi connectivity index (χ0) is 11.9. The lowest BCUT2D eigenvalue weighted by atomic mass is 10.1. The van der Waals surface area contributed by atoms with Crippen LogP contribution in [0.25, 0.3) is 11.0 Å². The summed E-state index contributed by atoms with van der Waals surface area (Å²) < 4.78 is 1.86. The summed E-state index contributed by atoms with van der Waals surface area (Å²) in [5.41, 5.74) is 3.10. The Balaban J connectivity index is 2.76. The minimum atomic E-state index is 0.349. The second-order valence-corrected chi connectivity index (χ2v) is 4.78. The molecular weight excluding hydrogens is 200 g/mol. The molecule has 0 saturated carbocycles. The first-order valence-electron chi connectivity index (χ1n) is 5.70. The summed E-state index contributed by atoms with van der Waals surface area (Å²) in [5, 5.41) is 4.25. The van der Waals surface area contributed by atoms with Crippen molar-refractivity contribution < 1.29 is 0 Å². The van der Waals surface area contributed by atoms with E-state index in [9.17, 15) is 0 Å². The van der Waals surface area contributed by atoms with E-state index in [1.807, 2.05) is 17.9 Å². The number of aryl methyl sites for hydroxylation is 1. The molecule has 2 aromatic heterocycles. The molecule has 0 spiro atoms. The van der Waals surface area contributed by atoms with Crippen LogP contribution in [0, 0.1) is 0 Å². The molecule has 0 aliphatic rings. The second-order valence-electron chi connectivity index (χ2n) is 4.78. The molecule has 0 N–H and O–H groups in total. The maximum absolute atomic E-state index is 4.66. The van der Waals surface area contributed by atoms with E-state index in [4.69, 9.17) is 0 Å². The molecule has 0 radical (unpaired) electrons. The Morgan fingerprint density at radius 3 is 2.31 bits per heavy atom. The van der Waals surface area contributed by atoms with Crippen LogP contribution in [0.2, 0.25) is 0 Å². The van der Waals surface area contributed by atoms with Gasteiger partial charge in [-0.1, -0.05) is 27.7 Å². The largest absolute Gasteiger partial charge is 0.264 e. The summed E-state index contributed by atoms with van der Waals surface area (Å²) in [5.74, 6) is 1.64. The third-order valence-electron chi connectivity index (χ3n) is 2.70. The van der Waals surface area contributed by atoms with Crippen LogP contribution in [0.1, 0.15) is 51.0 Å². The summed E-state index contributed by atoms with van der Waals surface area (Å²) in [6.07, 6.45) is 1.81. The van der Waals surface area contributed by atoms with E-state index in [1.165, 1.54) is 0 Å². The van der Waals surface area contributed by atoms with Gasteiger partial charge in [0.2, 0.25) is 0 Å². The lowest BCUT2D eigenvalue weighted by Crippen LogP contribution is -2.05. The molecular formula is C12H18N4. The van der Waals surface area contributed by atoms with Gasteiger partial charge in [-0.3, -0.25) is 4.68 Å². The van der Waals surface area contributed by atoms with Crippen molar-refractivity contribution in [3.63, 3.8) is 0 Å². The summed E-state index contributed by atoms with van der Waals surface area (Å²) in [7, 11) is 1.94. The van der Waals surface area contributed by atoms with Crippen LogP contribution in [0.5, 0.6) is 0 Å². The zero-order valence-corrected chi connectivity index (χ0v) is 10.5. The van der Waals surface area contributed by atoms with Gasteiger partial charge in [-0.05, 0) is 5.92 Å². The fourth-order valence-electron chi connectivity index (χ4n) is 1.79. The van der Waals surface area contributed by atoms with Crippen molar-refractivity contribution in [2.24, 2.45) is 7.05 Å².